The van der Waals surface area contributed by atoms with Crippen LogP contribution >= 0.6 is 11.6 Å². The molecule has 0 saturated heterocycles. The van der Waals surface area contributed by atoms with Crippen LogP contribution in [0.5, 0.6) is 0 Å². The van der Waals surface area contributed by atoms with E-state index in [2.05, 4.69) is 30.0 Å². The molecular weight excluding hydrogens is 210 g/mol. The van der Waals surface area contributed by atoms with Crippen LogP contribution < -0.4 is 0 Å². The van der Waals surface area contributed by atoms with Gasteiger partial charge in [0.05, 0.1) is 18.3 Å². The number of rotatable bonds is 7. The Morgan fingerprint density at radius 1 is 1.60 bits per heavy atom. The van der Waals surface area contributed by atoms with Gasteiger partial charge in [-0.25, -0.2) is 0 Å². The second-order valence-electron chi connectivity index (χ2n) is 3.23. The van der Waals surface area contributed by atoms with Gasteiger partial charge in [-0.2, -0.15) is 5.10 Å². The van der Waals surface area contributed by atoms with Crippen molar-refractivity contribution in [3.8, 4) is 0 Å². The predicted molar refractivity (Wildman–Crippen MR) is 69.1 cm³/mol. The summed E-state index contributed by atoms with van der Waals surface area (Å²) in [6.07, 6.45) is 1.66. The fourth-order valence-corrected chi connectivity index (χ4v) is 1.01. The molecule has 0 amide bonds. The van der Waals surface area contributed by atoms with Crippen LogP contribution in [-0.2, 0) is 0 Å². The van der Waals surface area contributed by atoms with Crippen molar-refractivity contribution in [1.29, 1.82) is 0 Å². The summed E-state index contributed by atoms with van der Waals surface area (Å²) in [4.78, 5) is 3.79. The Morgan fingerprint density at radius 3 is 2.60 bits per heavy atom. The van der Waals surface area contributed by atoms with E-state index in [0.29, 0.717) is 12.4 Å². The van der Waals surface area contributed by atoms with Crippen LogP contribution in [0.2, 0.25) is 0 Å². The minimum atomic E-state index is 0.170. The summed E-state index contributed by atoms with van der Waals surface area (Å²) in [7, 11) is 1.87. The Bertz CT molecular complexity index is 271. The molecule has 0 heterocycles. The third kappa shape index (κ3) is 4.79. The van der Waals surface area contributed by atoms with Gasteiger partial charge < -0.3 is 0 Å². The van der Waals surface area contributed by atoms with E-state index < -0.39 is 0 Å². The summed E-state index contributed by atoms with van der Waals surface area (Å²) in [5, 5.41) is 6.16. The molecule has 0 saturated carbocycles. The third-order valence-electron chi connectivity index (χ3n) is 2.02. The van der Waals surface area contributed by atoms with E-state index in [9.17, 15) is 0 Å². The van der Waals surface area contributed by atoms with Crippen LogP contribution in [0.4, 0.5) is 0 Å². The lowest BCUT2D eigenvalue weighted by molar-refractivity contribution is 0.291. The van der Waals surface area contributed by atoms with Gasteiger partial charge in [0.2, 0.25) is 0 Å². The number of hydrazone groups is 1. The van der Waals surface area contributed by atoms with E-state index in [4.69, 9.17) is 11.6 Å². The number of alkyl halides is 1. The highest BCUT2D eigenvalue weighted by atomic mass is 35.5. The Hall–Kier alpha value is -1.09. The third-order valence-corrected chi connectivity index (χ3v) is 2.46. The highest BCUT2D eigenvalue weighted by molar-refractivity contribution is 6.18. The molecule has 3 nitrogen and oxygen atoms in total. The van der Waals surface area contributed by atoms with Crippen molar-refractivity contribution in [3.63, 3.8) is 0 Å². The summed E-state index contributed by atoms with van der Waals surface area (Å²) >= 11 is 5.73. The molecule has 0 fully saturated rings. The van der Waals surface area contributed by atoms with Crippen molar-refractivity contribution in [3.05, 3.63) is 24.8 Å². The molecule has 0 radical (unpaired) electrons. The maximum Gasteiger partial charge on any atom is 0.0885 e. The smallest absolute Gasteiger partial charge is 0.0885 e. The highest BCUT2D eigenvalue weighted by Gasteiger charge is 2.07. The SMILES string of the molecule is C=CC(=C)/C(CN=C)=N/N(C)C(C)CCl. The molecule has 0 aliphatic carbocycles. The van der Waals surface area contributed by atoms with Gasteiger partial charge in [-0.3, -0.25) is 10.0 Å². The number of halogens is 1. The van der Waals surface area contributed by atoms with Crippen LogP contribution in [0.25, 0.3) is 0 Å². The van der Waals surface area contributed by atoms with E-state index in [-0.39, 0.29) is 6.04 Å². The lowest BCUT2D eigenvalue weighted by Gasteiger charge is -2.20. The summed E-state index contributed by atoms with van der Waals surface area (Å²) in [5.74, 6) is 0.523. The number of allylic oxidation sites excluding steroid dienone is 1. The maximum absolute atomic E-state index is 5.73. The van der Waals surface area contributed by atoms with E-state index in [1.54, 1.807) is 11.1 Å². The monoisotopic (exact) mass is 227 g/mol. The first-order valence-electron chi connectivity index (χ1n) is 4.67. The van der Waals surface area contributed by atoms with E-state index in [1.165, 1.54) is 0 Å². The van der Waals surface area contributed by atoms with Crippen molar-refractivity contribution < 1.29 is 0 Å². The van der Waals surface area contributed by atoms with Gasteiger partial charge in [-0.15, -0.1) is 11.6 Å². The molecule has 0 aromatic rings. The zero-order valence-electron chi connectivity index (χ0n) is 9.41. The molecule has 84 valence electrons. The molecule has 0 aromatic heterocycles. The largest absolute Gasteiger partial charge is 0.296 e. The van der Waals surface area contributed by atoms with Gasteiger partial charge in [0.1, 0.15) is 0 Å². The predicted octanol–water partition coefficient (Wildman–Crippen LogP) is 2.34. The van der Waals surface area contributed by atoms with E-state index >= 15 is 0 Å². The lowest BCUT2D eigenvalue weighted by atomic mass is 10.2. The van der Waals surface area contributed by atoms with Crippen LogP contribution in [0, 0.1) is 0 Å². The fraction of sp³-hybridized carbons (Fsp3) is 0.455. The number of hydrogen-bond donors (Lipinski definition) is 0. The summed E-state index contributed by atoms with van der Waals surface area (Å²) in [5.41, 5.74) is 1.52. The number of aliphatic imine (C=N–C) groups is 1. The summed E-state index contributed by atoms with van der Waals surface area (Å²) in [6.45, 7) is 13.3. The molecule has 0 rings (SSSR count). The van der Waals surface area contributed by atoms with Crippen LogP contribution in [-0.4, -0.2) is 43.0 Å². The molecule has 0 spiro atoms. The van der Waals surface area contributed by atoms with Crippen molar-refractivity contribution in [2.75, 3.05) is 19.5 Å². The Morgan fingerprint density at radius 2 is 2.20 bits per heavy atom. The van der Waals surface area contributed by atoms with Crippen molar-refractivity contribution >= 4 is 24.0 Å². The fourth-order valence-electron chi connectivity index (χ4n) is 0.810. The average molecular weight is 228 g/mol. The first-order valence-corrected chi connectivity index (χ1v) is 5.20. The Kier molecular flexibility index (Phi) is 6.71. The molecule has 0 aromatic carbocycles. The highest BCUT2D eigenvalue weighted by Crippen LogP contribution is 2.03. The van der Waals surface area contributed by atoms with Crippen LogP contribution in [0.1, 0.15) is 6.92 Å². The second kappa shape index (κ2) is 7.23. The Balaban J connectivity index is 4.73. The van der Waals surface area contributed by atoms with Gasteiger partial charge in [0, 0.05) is 12.9 Å². The molecule has 1 unspecified atom stereocenters. The standard InChI is InChI=1S/C11H18ClN3/c1-6-9(2)11(8-13-4)14-15(5)10(3)7-12/h6,10H,1-2,4,7-8H2,3,5H3/b14-11+. The van der Waals surface area contributed by atoms with Gasteiger partial charge in [-0.1, -0.05) is 19.2 Å². The maximum atomic E-state index is 5.73. The normalized spacial score (nSPS) is 13.1. The van der Waals surface area contributed by atoms with Gasteiger partial charge in [0.15, 0.2) is 0 Å². The molecule has 0 aliphatic heterocycles. The Labute approximate surface area is 96.8 Å². The zero-order valence-corrected chi connectivity index (χ0v) is 10.2. The van der Waals surface area contributed by atoms with Crippen molar-refractivity contribution in [2.45, 2.75) is 13.0 Å². The molecule has 0 N–H and O–H groups in total. The zero-order chi connectivity index (χ0) is 11.8. The first kappa shape index (κ1) is 13.9. The molecular formula is C11H18ClN3. The molecule has 15 heavy (non-hydrogen) atoms. The number of hydrogen-bond acceptors (Lipinski definition) is 3. The minimum Gasteiger partial charge on any atom is -0.296 e. The van der Waals surface area contributed by atoms with Gasteiger partial charge in [-0.05, 0) is 19.2 Å². The van der Waals surface area contributed by atoms with E-state index in [1.807, 2.05) is 14.0 Å². The molecule has 0 aliphatic rings. The van der Waals surface area contributed by atoms with Crippen LogP contribution in [0.3, 0.4) is 0 Å². The molecule has 0 bridgehead atoms. The number of nitrogens with zero attached hydrogens (tertiary/aromatic N) is 3. The quantitative estimate of drug-likeness (QED) is 0.284. The average Bonchev–Trinajstić information content (AvgIpc) is 2.26. The summed E-state index contributed by atoms with van der Waals surface area (Å²) < 4.78 is 0. The summed E-state index contributed by atoms with van der Waals surface area (Å²) in [6, 6.07) is 0.170. The minimum absolute atomic E-state index is 0.170. The molecule has 4 heteroatoms. The first-order chi connectivity index (χ1) is 7.06. The van der Waals surface area contributed by atoms with Gasteiger partial charge >= 0.3 is 0 Å². The van der Waals surface area contributed by atoms with E-state index in [0.717, 1.165) is 11.3 Å². The van der Waals surface area contributed by atoms with Gasteiger partial charge in [0.25, 0.3) is 0 Å². The van der Waals surface area contributed by atoms with Crippen molar-refractivity contribution in [2.24, 2.45) is 10.1 Å². The van der Waals surface area contributed by atoms with Crippen LogP contribution in [0.15, 0.2) is 34.9 Å². The lowest BCUT2D eigenvalue weighted by Crippen LogP contribution is -2.27. The molecule has 1 atom stereocenters. The topological polar surface area (TPSA) is 28.0 Å². The second-order valence-corrected chi connectivity index (χ2v) is 3.54. The van der Waals surface area contributed by atoms with Crippen molar-refractivity contribution in [1.82, 2.24) is 5.01 Å².